The Morgan fingerprint density at radius 1 is 0.560 bits per heavy atom. The van der Waals surface area contributed by atoms with E-state index in [-0.39, 0.29) is 0 Å². The maximum Gasteiger partial charge on any atom is 0.00119 e. The van der Waals surface area contributed by atoms with Crippen LogP contribution in [0.2, 0.25) is 0 Å². The molecule has 0 N–H and O–H groups in total. The Hall–Kier alpha value is -0.0400. The van der Waals surface area contributed by atoms with Crippen molar-refractivity contribution in [2.24, 2.45) is 59.2 Å². The molecule has 1 heteroatoms. The van der Waals surface area contributed by atoms with Crippen molar-refractivity contribution in [2.45, 2.75) is 70.6 Å². The van der Waals surface area contributed by atoms with Crippen molar-refractivity contribution in [2.75, 3.05) is 20.1 Å². The van der Waals surface area contributed by atoms with Gasteiger partial charge in [-0.05, 0) is 143 Å². The van der Waals surface area contributed by atoms with Crippen molar-refractivity contribution in [3.63, 3.8) is 0 Å². The number of rotatable bonds is 5. The van der Waals surface area contributed by atoms with E-state index in [1.54, 1.807) is 64.2 Å². The van der Waals surface area contributed by atoms with Gasteiger partial charge >= 0.3 is 0 Å². The largest absolute Gasteiger partial charge is 0.306 e. The zero-order chi connectivity index (χ0) is 16.5. The molecule has 0 aromatic carbocycles. The van der Waals surface area contributed by atoms with E-state index in [4.69, 9.17) is 0 Å². The molecule has 1 nitrogen and oxygen atoms in total. The maximum atomic E-state index is 2.78. The van der Waals surface area contributed by atoms with Crippen LogP contribution in [0.5, 0.6) is 0 Å². The van der Waals surface area contributed by atoms with E-state index in [9.17, 15) is 0 Å². The van der Waals surface area contributed by atoms with Crippen LogP contribution >= 0.6 is 0 Å². The second-order valence-corrected chi connectivity index (χ2v) is 11.7. The molecule has 0 radical (unpaired) electrons. The highest BCUT2D eigenvalue weighted by Crippen LogP contribution is 2.58. The molecule has 0 saturated heterocycles. The molecule has 8 fully saturated rings. The normalized spacial score (nSPS) is 55.4. The third-order valence-electron chi connectivity index (χ3n) is 10.2. The molecule has 140 valence electrons. The Morgan fingerprint density at radius 3 is 1.40 bits per heavy atom. The Labute approximate surface area is 155 Å². The quantitative estimate of drug-likeness (QED) is 0.642. The highest BCUT2D eigenvalue weighted by atomic mass is 15.1. The summed E-state index contributed by atoms with van der Waals surface area (Å²) >= 11 is 0. The van der Waals surface area contributed by atoms with Gasteiger partial charge in [0.05, 0.1) is 0 Å². The smallest absolute Gasteiger partial charge is 0.00119 e. The fourth-order valence-corrected chi connectivity index (χ4v) is 9.67. The summed E-state index contributed by atoms with van der Waals surface area (Å²) in [5.41, 5.74) is 0. The summed E-state index contributed by atoms with van der Waals surface area (Å²) in [6.07, 6.45) is 17.6. The van der Waals surface area contributed by atoms with E-state index in [0.29, 0.717) is 0 Å². The lowest BCUT2D eigenvalue weighted by molar-refractivity contribution is -0.0546. The Kier molecular flexibility index (Phi) is 3.82. The van der Waals surface area contributed by atoms with Crippen LogP contribution in [0.1, 0.15) is 70.6 Å². The van der Waals surface area contributed by atoms with Crippen LogP contribution in [0.3, 0.4) is 0 Å². The van der Waals surface area contributed by atoms with Crippen molar-refractivity contribution < 1.29 is 0 Å². The van der Waals surface area contributed by atoms with Crippen LogP contribution in [0.4, 0.5) is 0 Å². The summed E-state index contributed by atoms with van der Waals surface area (Å²) in [6.45, 7) is 2.83. The van der Waals surface area contributed by atoms with Crippen molar-refractivity contribution in [1.29, 1.82) is 0 Å². The first-order valence-electron chi connectivity index (χ1n) is 11.9. The minimum atomic E-state index is 1.07. The molecule has 8 rings (SSSR count). The Bertz CT molecular complexity index is 454. The van der Waals surface area contributed by atoms with Crippen molar-refractivity contribution in [3.05, 3.63) is 0 Å². The zero-order valence-electron chi connectivity index (χ0n) is 16.4. The van der Waals surface area contributed by atoms with Gasteiger partial charge in [0.25, 0.3) is 0 Å². The molecule has 25 heavy (non-hydrogen) atoms. The molecule has 0 aliphatic heterocycles. The number of nitrogens with zero attached hydrogens (tertiary/aromatic N) is 1. The van der Waals surface area contributed by atoms with Crippen molar-refractivity contribution in [1.82, 2.24) is 4.90 Å². The van der Waals surface area contributed by atoms with E-state index in [1.807, 2.05) is 0 Å². The molecule has 0 atom stereocenters. The summed E-state index contributed by atoms with van der Waals surface area (Å²) in [5.74, 6) is 11.2. The molecule has 0 unspecified atom stereocenters. The molecular weight excluding hydrogens is 302 g/mol. The minimum absolute atomic E-state index is 1.07. The van der Waals surface area contributed by atoms with Gasteiger partial charge in [0.2, 0.25) is 0 Å². The highest BCUT2D eigenvalue weighted by Gasteiger charge is 2.49. The summed E-state index contributed by atoms with van der Waals surface area (Å²) in [4.78, 5) is 2.78. The summed E-state index contributed by atoms with van der Waals surface area (Å²) in [7, 11) is 2.46. The van der Waals surface area contributed by atoms with Crippen LogP contribution < -0.4 is 0 Å². The van der Waals surface area contributed by atoms with Crippen LogP contribution in [0.15, 0.2) is 0 Å². The average Bonchev–Trinajstić information content (AvgIpc) is 2.56. The van der Waals surface area contributed by atoms with Gasteiger partial charge in [0.1, 0.15) is 0 Å². The lowest BCUT2D eigenvalue weighted by Gasteiger charge is -2.56. The standard InChI is InChI=1S/C24H39N/c1-25(14-24-21-10-17-5-18(12-21)13-22(24)11-17)3-2-23-19-6-15-4-16(8-19)9-20(23)7-15/h15-24H,2-14H2,1H3. The molecule has 0 aromatic heterocycles. The number of hydrogen-bond donors (Lipinski definition) is 0. The molecule has 8 saturated carbocycles. The Balaban J connectivity index is 1.05. The fourth-order valence-electron chi connectivity index (χ4n) is 9.67. The van der Waals surface area contributed by atoms with E-state index in [0.717, 1.165) is 59.2 Å². The van der Waals surface area contributed by atoms with E-state index < -0.39 is 0 Å². The third-order valence-corrected chi connectivity index (χ3v) is 10.2. The molecule has 0 amide bonds. The first-order valence-corrected chi connectivity index (χ1v) is 11.9. The first kappa shape index (κ1) is 16.0. The Morgan fingerprint density at radius 2 is 0.960 bits per heavy atom. The second kappa shape index (κ2) is 5.98. The predicted molar refractivity (Wildman–Crippen MR) is 103 cm³/mol. The SMILES string of the molecule is CN(CCC1C2CC3CC(C2)CC1C3)CC1C2CC3CC(C2)CC1C3. The first-order chi connectivity index (χ1) is 12.2. The molecule has 0 heterocycles. The minimum Gasteiger partial charge on any atom is -0.306 e. The highest BCUT2D eigenvalue weighted by molar-refractivity contribution is 5.00. The van der Waals surface area contributed by atoms with Crippen LogP contribution in [-0.2, 0) is 0 Å². The van der Waals surface area contributed by atoms with Crippen LogP contribution in [-0.4, -0.2) is 25.0 Å². The monoisotopic (exact) mass is 341 g/mol. The molecule has 8 bridgehead atoms. The molecule has 0 spiro atoms. The molecule has 8 aliphatic rings. The summed E-state index contributed by atoms with van der Waals surface area (Å²) in [6, 6.07) is 0. The molecule has 0 aromatic rings. The topological polar surface area (TPSA) is 3.24 Å². The van der Waals surface area contributed by atoms with Gasteiger partial charge in [-0.1, -0.05) is 0 Å². The van der Waals surface area contributed by atoms with Gasteiger partial charge in [0, 0.05) is 6.54 Å². The van der Waals surface area contributed by atoms with Crippen LogP contribution in [0.25, 0.3) is 0 Å². The van der Waals surface area contributed by atoms with E-state index in [2.05, 4.69) is 11.9 Å². The zero-order valence-corrected chi connectivity index (χ0v) is 16.4. The van der Waals surface area contributed by atoms with Crippen molar-refractivity contribution >= 4 is 0 Å². The number of hydrogen-bond acceptors (Lipinski definition) is 1. The van der Waals surface area contributed by atoms with Gasteiger partial charge in [-0.3, -0.25) is 0 Å². The molecule has 8 aliphatic carbocycles. The van der Waals surface area contributed by atoms with Crippen molar-refractivity contribution in [3.8, 4) is 0 Å². The van der Waals surface area contributed by atoms with Gasteiger partial charge < -0.3 is 4.90 Å². The van der Waals surface area contributed by atoms with E-state index in [1.165, 1.54) is 19.5 Å². The van der Waals surface area contributed by atoms with E-state index >= 15 is 0 Å². The summed E-state index contributed by atoms with van der Waals surface area (Å²) < 4.78 is 0. The summed E-state index contributed by atoms with van der Waals surface area (Å²) in [5, 5.41) is 0. The third kappa shape index (κ3) is 2.74. The van der Waals surface area contributed by atoms with Gasteiger partial charge in [-0.2, -0.15) is 0 Å². The second-order valence-electron chi connectivity index (χ2n) is 11.7. The van der Waals surface area contributed by atoms with Crippen LogP contribution in [0, 0.1) is 59.2 Å². The predicted octanol–water partition coefficient (Wildman–Crippen LogP) is 5.45. The fraction of sp³-hybridized carbons (Fsp3) is 1.00. The lowest BCUT2D eigenvalue weighted by atomic mass is 9.51. The molecular formula is C24H39N. The van der Waals surface area contributed by atoms with Gasteiger partial charge in [0.15, 0.2) is 0 Å². The lowest BCUT2D eigenvalue weighted by Crippen LogP contribution is -2.49. The average molecular weight is 342 g/mol. The van der Waals surface area contributed by atoms with Gasteiger partial charge in [-0.25, -0.2) is 0 Å². The maximum absolute atomic E-state index is 2.78. The van der Waals surface area contributed by atoms with Gasteiger partial charge in [-0.15, -0.1) is 0 Å².